The van der Waals surface area contributed by atoms with E-state index in [9.17, 15) is 9.90 Å². The zero-order valence-corrected chi connectivity index (χ0v) is 15.2. The number of carbonyl (C=O) groups is 1. The molecule has 1 saturated carbocycles. The molecule has 1 aliphatic rings. The van der Waals surface area contributed by atoms with Crippen molar-refractivity contribution in [3.8, 4) is 11.3 Å². The number of aryl methyl sites for hydroxylation is 1. The molecule has 134 valence electrons. The largest absolute Gasteiger partial charge is 0.388 e. The summed E-state index contributed by atoms with van der Waals surface area (Å²) < 4.78 is 1.75. The first kappa shape index (κ1) is 18.0. The van der Waals surface area contributed by atoms with Crippen LogP contribution >= 0.6 is 11.6 Å². The second kappa shape index (κ2) is 7.58. The predicted molar refractivity (Wildman–Crippen MR) is 98.6 cm³/mol. The van der Waals surface area contributed by atoms with Crippen molar-refractivity contribution in [1.82, 2.24) is 15.1 Å². The molecule has 1 heterocycles. The van der Waals surface area contributed by atoms with E-state index in [1.807, 2.05) is 19.2 Å². The van der Waals surface area contributed by atoms with E-state index >= 15 is 0 Å². The Morgan fingerprint density at radius 1 is 1.28 bits per heavy atom. The molecule has 1 aliphatic carbocycles. The highest BCUT2D eigenvalue weighted by Crippen LogP contribution is 2.27. The topological polar surface area (TPSA) is 67.2 Å². The van der Waals surface area contributed by atoms with E-state index < -0.39 is 5.60 Å². The number of carbonyl (C=O) groups excluding carboxylic acids is 1. The van der Waals surface area contributed by atoms with E-state index in [-0.39, 0.29) is 12.5 Å². The Balaban J connectivity index is 1.74. The lowest BCUT2D eigenvalue weighted by atomic mass is 9.94. The summed E-state index contributed by atoms with van der Waals surface area (Å²) in [6, 6.07) is 7.25. The second-order valence-electron chi connectivity index (χ2n) is 6.86. The van der Waals surface area contributed by atoms with Gasteiger partial charge in [0.2, 0.25) is 0 Å². The van der Waals surface area contributed by atoms with Gasteiger partial charge in [0.15, 0.2) is 0 Å². The van der Waals surface area contributed by atoms with Crippen LogP contribution in [0.4, 0.5) is 0 Å². The van der Waals surface area contributed by atoms with Crippen molar-refractivity contribution in [3.63, 3.8) is 0 Å². The molecule has 1 aromatic carbocycles. The highest BCUT2D eigenvalue weighted by atomic mass is 35.5. The fraction of sp³-hybridized carbons (Fsp3) is 0.474. The van der Waals surface area contributed by atoms with Gasteiger partial charge in [0.25, 0.3) is 5.91 Å². The van der Waals surface area contributed by atoms with Gasteiger partial charge in [-0.05, 0) is 31.0 Å². The van der Waals surface area contributed by atoms with Gasteiger partial charge in [-0.3, -0.25) is 9.48 Å². The summed E-state index contributed by atoms with van der Waals surface area (Å²) in [5.74, 6) is -0.258. The fourth-order valence-electron chi connectivity index (χ4n) is 3.42. The lowest BCUT2D eigenvalue weighted by Crippen LogP contribution is -2.42. The van der Waals surface area contributed by atoms with Crippen LogP contribution in [0.2, 0.25) is 5.02 Å². The number of rotatable bonds is 4. The molecule has 0 aliphatic heterocycles. The van der Waals surface area contributed by atoms with E-state index in [0.29, 0.717) is 10.6 Å². The Morgan fingerprint density at radius 2 is 2.00 bits per heavy atom. The van der Waals surface area contributed by atoms with E-state index in [0.717, 1.165) is 49.8 Å². The Morgan fingerprint density at radius 3 is 2.64 bits per heavy atom. The van der Waals surface area contributed by atoms with Gasteiger partial charge >= 0.3 is 0 Å². The maximum atomic E-state index is 12.6. The van der Waals surface area contributed by atoms with Crippen molar-refractivity contribution < 1.29 is 9.90 Å². The standard InChI is InChI=1S/C19H24ClN3O2/c1-23-17(8-11-22-23)14-6-7-16(20)15(12-14)18(24)21-13-19(25)9-4-2-3-5-10-19/h6-8,11-12,25H,2-5,9-10,13H2,1H3,(H,21,24). The van der Waals surface area contributed by atoms with Gasteiger partial charge in [-0.2, -0.15) is 5.10 Å². The Bertz CT molecular complexity index is 749. The van der Waals surface area contributed by atoms with E-state index in [4.69, 9.17) is 11.6 Å². The van der Waals surface area contributed by atoms with Gasteiger partial charge in [-0.25, -0.2) is 0 Å². The van der Waals surface area contributed by atoms with Crippen molar-refractivity contribution in [3.05, 3.63) is 41.0 Å². The van der Waals surface area contributed by atoms with Crippen LogP contribution in [0.15, 0.2) is 30.5 Å². The van der Waals surface area contributed by atoms with Crippen LogP contribution in [0.1, 0.15) is 48.9 Å². The maximum absolute atomic E-state index is 12.6. The number of aliphatic hydroxyl groups is 1. The minimum Gasteiger partial charge on any atom is -0.388 e. The van der Waals surface area contributed by atoms with E-state index in [2.05, 4.69) is 10.4 Å². The molecule has 25 heavy (non-hydrogen) atoms. The molecule has 0 spiro atoms. The van der Waals surface area contributed by atoms with Crippen LogP contribution in [0.3, 0.4) is 0 Å². The summed E-state index contributed by atoms with van der Waals surface area (Å²) >= 11 is 6.23. The fourth-order valence-corrected chi connectivity index (χ4v) is 3.62. The Labute approximate surface area is 153 Å². The normalized spacial score (nSPS) is 17.1. The van der Waals surface area contributed by atoms with Crippen molar-refractivity contribution in [2.75, 3.05) is 6.54 Å². The lowest BCUT2D eigenvalue weighted by Gasteiger charge is -2.26. The maximum Gasteiger partial charge on any atom is 0.252 e. The van der Waals surface area contributed by atoms with Gasteiger partial charge < -0.3 is 10.4 Å². The molecule has 1 fully saturated rings. The van der Waals surface area contributed by atoms with Crippen molar-refractivity contribution in [1.29, 1.82) is 0 Å². The van der Waals surface area contributed by atoms with Crippen LogP contribution in [0, 0.1) is 0 Å². The molecule has 6 heteroatoms. The average Bonchev–Trinajstić information content (AvgIpc) is 2.90. The zero-order chi connectivity index (χ0) is 17.9. The van der Waals surface area contributed by atoms with E-state index in [1.54, 1.807) is 23.0 Å². The molecule has 2 aromatic rings. The number of amides is 1. The van der Waals surface area contributed by atoms with Gasteiger partial charge in [0, 0.05) is 25.4 Å². The molecule has 0 radical (unpaired) electrons. The van der Waals surface area contributed by atoms with Crippen LogP contribution in [0.5, 0.6) is 0 Å². The molecule has 0 unspecified atom stereocenters. The average molecular weight is 362 g/mol. The molecule has 2 N–H and O–H groups in total. The molecule has 1 aromatic heterocycles. The minimum atomic E-state index is -0.807. The van der Waals surface area contributed by atoms with Crippen LogP contribution in [0.25, 0.3) is 11.3 Å². The Hall–Kier alpha value is -1.85. The molecule has 3 rings (SSSR count). The SMILES string of the molecule is Cn1nccc1-c1ccc(Cl)c(C(=O)NCC2(O)CCCCCC2)c1. The van der Waals surface area contributed by atoms with Crippen LogP contribution in [-0.2, 0) is 7.05 Å². The molecule has 1 amide bonds. The molecule has 0 atom stereocenters. The Kier molecular flexibility index (Phi) is 5.45. The summed E-state index contributed by atoms with van der Waals surface area (Å²) in [6.07, 6.45) is 7.48. The van der Waals surface area contributed by atoms with Crippen molar-refractivity contribution in [2.45, 2.75) is 44.1 Å². The predicted octanol–water partition coefficient (Wildman–Crippen LogP) is 3.56. The number of benzene rings is 1. The zero-order valence-electron chi connectivity index (χ0n) is 14.5. The molecule has 0 bridgehead atoms. The summed E-state index contributed by atoms with van der Waals surface area (Å²) in [5, 5.41) is 18.1. The molecule has 0 saturated heterocycles. The lowest BCUT2D eigenvalue weighted by molar-refractivity contribution is 0.0246. The molecular formula is C19H24ClN3O2. The quantitative estimate of drug-likeness (QED) is 0.818. The third kappa shape index (κ3) is 4.22. The van der Waals surface area contributed by atoms with Gasteiger partial charge in [-0.15, -0.1) is 0 Å². The number of nitrogens with zero attached hydrogens (tertiary/aromatic N) is 2. The van der Waals surface area contributed by atoms with Gasteiger partial charge in [0.05, 0.1) is 21.9 Å². The first-order chi connectivity index (χ1) is 12.0. The molecule has 5 nitrogen and oxygen atoms in total. The third-order valence-corrected chi connectivity index (χ3v) is 5.27. The summed E-state index contributed by atoms with van der Waals surface area (Å²) in [4.78, 5) is 12.6. The first-order valence-corrected chi connectivity index (χ1v) is 9.15. The molecular weight excluding hydrogens is 338 g/mol. The smallest absolute Gasteiger partial charge is 0.252 e. The van der Waals surface area contributed by atoms with Crippen molar-refractivity contribution >= 4 is 17.5 Å². The van der Waals surface area contributed by atoms with E-state index in [1.165, 1.54) is 0 Å². The van der Waals surface area contributed by atoms with Crippen LogP contribution in [-0.4, -0.2) is 32.9 Å². The summed E-state index contributed by atoms with van der Waals surface area (Å²) in [5.41, 5.74) is 1.39. The van der Waals surface area contributed by atoms with Crippen molar-refractivity contribution in [2.24, 2.45) is 7.05 Å². The number of nitrogens with one attached hydrogen (secondary N) is 1. The first-order valence-electron chi connectivity index (χ1n) is 8.77. The number of aromatic nitrogens is 2. The van der Waals surface area contributed by atoms with Gasteiger partial charge in [0.1, 0.15) is 0 Å². The monoisotopic (exact) mass is 361 g/mol. The summed E-state index contributed by atoms with van der Waals surface area (Å²) in [7, 11) is 1.85. The number of halogens is 1. The second-order valence-corrected chi connectivity index (χ2v) is 7.26. The highest BCUT2D eigenvalue weighted by Gasteiger charge is 2.28. The van der Waals surface area contributed by atoms with Crippen LogP contribution < -0.4 is 5.32 Å². The number of hydrogen-bond acceptors (Lipinski definition) is 3. The highest BCUT2D eigenvalue weighted by molar-refractivity contribution is 6.34. The summed E-state index contributed by atoms with van der Waals surface area (Å²) in [6.45, 7) is 0.262. The third-order valence-electron chi connectivity index (χ3n) is 4.94. The minimum absolute atomic E-state index is 0.258. The number of hydrogen-bond donors (Lipinski definition) is 2. The van der Waals surface area contributed by atoms with Gasteiger partial charge in [-0.1, -0.05) is 43.4 Å².